The first-order valence-electron chi connectivity index (χ1n) is 6.28. The van der Waals surface area contributed by atoms with Gasteiger partial charge in [-0.05, 0) is 38.0 Å². The van der Waals surface area contributed by atoms with Gasteiger partial charge >= 0.3 is 0 Å². The van der Waals surface area contributed by atoms with Crippen LogP contribution in [0.15, 0.2) is 27.6 Å². The van der Waals surface area contributed by atoms with Gasteiger partial charge in [-0.1, -0.05) is 15.9 Å². The second-order valence-electron chi connectivity index (χ2n) is 5.15. The zero-order valence-corrected chi connectivity index (χ0v) is 13.6. The number of piperidine rings is 1. The van der Waals surface area contributed by atoms with E-state index in [2.05, 4.69) is 35.5 Å². The van der Waals surface area contributed by atoms with Crippen LogP contribution in [0.3, 0.4) is 0 Å². The Balaban J connectivity index is 2.19. The lowest BCUT2D eigenvalue weighted by Crippen LogP contribution is -2.49. The molecule has 0 spiro atoms. The summed E-state index contributed by atoms with van der Waals surface area (Å²) in [6.07, 6.45) is 1.95. The predicted molar refractivity (Wildman–Crippen MR) is 81.9 cm³/mol. The highest BCUT2D eigenvalue weighted by molar-refractivity contribution is 9.10. The lowest BCUT2D eigenvalue weighted by molar-refractivity contribution is -0.0440. The van der Waals surface area contributed by atoms with Crippen LogP contribution < -0.4 is 0 Å². The highest BCUT2D eigenvalue weighted by Gasteiger charge is 2.33. The highest BCUT2D eigenvalue weighted by Crippen LogP contribution is 2.27. The number of carbonyl (C=O) groups excluding carboxylic acids is 1. The number of halogens is 1. The summed E-state index contributed by atoms with van der Waals surface area (Å²) >= 11 is 7.76. The Hall–Kier alpha value is -0.520. The number of amides is 1. The van der Waals surface area contributed by atoms with Crippen molar-refractivity contribution in [3.8, 4) is 0 Å². The molecule has 1 unspecified atom stereocenters. The number of hydrogen-bond acceptors (Lipinski definition) is 3. The predicted octanol–water partition coefficient (Wildman–Crippen LogP) is 3.38. The summed E-state index contributed by atoms with van der Waals surface area (Å²) in [6.45, 7) is 3.46. The lowest BCUT2D eigenvalue weighted by Gasteiger charge is -2.39. The maximum Gasteiger partial charge on any atom is 0.255 e. The number of rotatable bonds is 2. The first kappa shape index (κ1) is 14.9. The van der Waals surface area contributed by atoms with Gasteiger partial charge in [0.25, 0.3) is 5.91 Å². The van der Waals surface area contributed by atoms with Crippen LogP contribution in [-0.2, 0) is 4.74 Å². The minimum atomic E-state index is -0.236. The molecule has 0 aliphatic carbocycles. The third kappa shape index (κ3) is 3.33. The fraction of sp³-hybridized carbons (Fsp3) is 0.500. The summed E-state index contributed by atoms with van der Waals surface area (Å²) in [4.78, 5) is 15.1. The van der Waals surface area contributed by atoms with Crippen molar-refractivity contribution in [2.24, 2.45) is 0 Å². The normalized spacial score (nSPS) is 23.5. The number of nitrogens with zero attached hydrogens (tertiary/aromatic N) is 1. The standard InChI is InChI=1S/C14H18BrNO2S/c1-14(18-2)6-3-7-16(9-14)13(17)11-5-4-10(15)8-12(11)19/h4-5,8,19H,3,6-7,9H2,1-2H3. The molecule has 3 nitrogen and oxygen atoms in total. The topological polar surface area (TPSA) is 29.5 Å². The maximum absolute atomic E-state index is 12.5. The van der Waals surface area contributed by atoms with Crippen LogP contribution in [0.4, 0.5) is 0 Å². The smallest absolute Gasteiger partial charge is 0.255 e. The average molecular weight is 344 g/mol. The van der Waals surface area contributed by atoms with Crippen molar-refractivity contribution < 1.29 is 9.53 Å². The van der Waals surface area contributed by atoms with E-state index < -0.39 is 0 Å². The zero-order chi connectivity index (χ0) is 14.0. The molecule has 5 heteroatoms. The molecule has 1 aromatic rings. The Labute approximate surface area is 127 Å². The van der Waals surface area contributed by atoms with Gasteiger partial charge in [0.05, 0.1) is 11.2 Å². The van der Waals surface area contributed by atoms with Crippen molar-refractivity contribution in [2.75, 3.05) is 20.2 Å². The summed E-state index contributed by atoms with van der Waals surface area (Å²) in [5.74, 6) is 0.0282. The SMILES string of the molecule is COC1(C)CCCN(C(=O)c2ccc(Br)cc2S)C1. The molecule has 0 aromatic heterocycles. The van der Waals surface area contributed by atoms with Gasteiger partial charge in [-0.25, -0.2) is 0 Å². The summed E-state index contributed by atoms with van der Waals surface area (Å²) in [7, 11) is 1.71. The summed E-state index contributed by atoms with van der Waals surface area (Å²) in [5, 5.41) is 0. The molecular weight excluding hydrogens is 326 g/mol. The first-order valence-corrected chi connectivity index (χ1v) is 7.52. The Kier molecular flexibility index (Phi) is 4.58. The summed E-state index contributed by atoms with van der Waals surface area (Å²) in [6, 6.07) is 5.52. The molecule has 1 amide bonds. The highest BCUT2D eigenvalue weighted by atomic mass is 79.9. The van der Waals surface area contributed by atoms with E-state index in [0.29, 0.717) is 17.0 Å². The molecule has 0 N–H and O–H groups in total. The van der Waals surface area contributed by atoms with Gasteiger partial charge in [0, 0.05) is 29.6 Å². The van der Waals surface area contributed by atoms with Crippen molar-refractivity contribution in [3.63, 3.8) is 0 Å². The monoisotopic (exact) mass is 343 g/mol. The third-order valence-electron chi connectivity index (χ3n) is 3.63. The van der Waals surface area contributed by atoms with Gasteiger partial charge in [-0.15, -0.1) is 12.6 Å². The molecule has 1 aromatic carbocycles. The van der Waals surface area contributed by atoms with E-state index in [4.69, 9.17) is 4.74 Å². The second-order valence-corrected chi connectivity index (χ2v) is 6.54. The molecule has 0 radical (unpaired) electrons. The van der Waals surface area contributed by atoms with E-state index >= 15 is 0 Å². The maximum atomic E-state index is 12.5. The Bertz CT molecular complexity index is 494. The van der Waals surface area contributed by atoms with Gasteiger partial charge in [0.1, 0.15) is 0 Å². The van der Waals surface area contributed by atoms with Gasteiger partial charge in [0.15, 0.2) is 0 Å². The molecule has 1 atom stereocenters. The van der Waals surface area contributed by atoms with Crippen LogP contribution >= 0.6 is 28.6 Å². The number of hydrogen-bond donors (Lipinski definition) is 1. The number of carbonyl (C=O) groups is 1. The van der Waals surface area contributed by atoms with Crippen LogP contribution in [0.25, 0.3) is 0 Å². The van der Waals surface area contributed by atoms with Gasteiger partial charge in [0.2, 0.25) is 0 Å². The van der Waals surface area contributed by atoms with E-state index in [0.717, 1.165) is 23.9 Å². The van der Waals surface area contributed by atoms with Crippen LogP contribution in [0.2, 0.25) is 0 Å². The fourth-order valence-corrected chi connectivity index (χ4v) is 3.25. The summed E-state index contributed by atoms with van der Waals surface area (Å²) in [5.41, 5.74) is 0.409. The molecule has 1 fully saturated rings. The van der Waals surface area contributed by atoms with E-state index in [1.54, 1.807) is 7.11 Å². The van der Waals surface area contributed by atoms with Crippen LogP contribution in [0.1, 0.15) is 30.1 Å². The molecule has 0 bridgehead atoms. The molecule has 19 heavy (non-hydrogen) atoms. The fourth-order valence-electron chi connectivity index (χ4n) is 2.40. The number of methoxy groups -OCH3 is 1. The van der Waals surface area contributed by atoms with Crippen LogP contribution in [-0.4, -0.2) is 36.6 Å². The van der Waals surface area contributed by atoms with Crippen molar-refractivity contribution in [1.29, 1.82) is 0 Å². The van der Waals surface area contributed by atoms with Gasteiger partial charge in [-0.3, -0.25) is 4.79 Å². The number of thiol groups is 1. The largest absolute Gasteiger partial charge is 0.377 e. The van der Waals surface area contributed by atoms with Crippen LogP contribution in [0, 0.1) is 0 Å². The van der Waals surface area contributed by atoms with Gasteiger partial charge < -0.3 is 9.64 Å². The average Bonchev–Trinajstić information content (AvgIpc) is 2.38. The summed E-state index contributed by atoms with van der Waals surface area (Å²) < 4.78 is 6.45. The third-order valence-corrected chi connectivity index (χ3v) is 4.49. The molecule has 1 heterocycles. The Morgan fingerprint density at radius 2 is 2.26 bits per heavy atom. The van der Waals surface area contributed by atoms with Crippen molar-refractivity contribution in [3.05, 3.63) is 28.2 Å². The number of likely N-dealkylation sites (tertiary alicyclic amines) is 1. The van der Waals surface area contributed by atoms with Crippen molar-refractivity contribution in [2.45, 2.75) is 30.3 Å². The Morgan fingerprint density at radius 3 is 2.89 bits per heavy atom. The minimum Gasteiger partial charge on any atom is -0.377 e. The van der Waals surface area contributed by atoms with Crippen LogP contribution in [0.5, 0.6) is 0 Å². The van der Waals surface area contributed by atoms with Crippen molar-refractivity contribution in [1.82, 2.24) is 4.90 Å². The van der Waals surface area contributed by atoms with Crippen molar-refractivity contribution >= 4 is 34.5 Å². The molecule has 1 aliphatic rings. The second kappa shape index (κ2) is 5.85. The molecule has 1 saturated heterocycles. The van der Waals surface area contributed by atoms with E-state index in [1.807, 2.05) is 23.1 Å². The molecule has 104 valence electrons. The lowest BCUT2D eigenvalue weighted by atomic mass is 9.94. The Morgan fingerprint density at radius 1 is 1.53 bits per heavy atom. The minimum absolute atomic E-state index is 0.0282. The van der Waals surface area contributed by atoms with E-state index in [-0.39, 0.29) is 11.5 Å². The van der Waals surface area contributed by atoms with E-state index in [1.165, 1.54) is 0 Å². The number of benzene rings is 1. The zero-order valence-electron chi connectivity index (χ0n) is 11.1. The molecule has 1 aliphatic heterocycles. The quantitative estimate of drug-likeness (QED) is 0.834. The number of ether oxygens (including phenoxy) is 1. The molecular formula is C14H18BrNO2S. The molecule has 2 rings (SSSR count). The molecule has 0 saturated carbocycles. The first-order chi connectivity index (χ1) is 8.95. The van der Waals surface area contributed by atoms with E-state index in [9.17, 15) is 4.79 Å². The van der Waals surface area contributed by atoms with Gasteiger partial charge in [-0.2, -0.15) is 0 Å².